The Morgan fingerprint density at radius 3 is 3.11 bits per heavy atom. The van der Waals surface area contributed by atoms with Crippen LogP contribution in [0, 0.1) is 5.82 Å². The van der Waals surface area contributed by atoms with E-state index in [9.17, 15) is 9.18 Å². The summed E-state index contributed by atoms with van der Waals surface area (Å²) in [7, 11) is 0. The van der Waals surface area contributed by atoms with Crippen molar-refractivity contribution in [1.29, 1.82) is 0 Å². The highest BCUT2D eigenvalue weighted by Crippen LogP contribution is 2.46. The second kappa shape index (κ2) is 4.17. The summed E-state index contributed by atoms with van der Waals surface area (Å²) in [6, 6.07) is 2.76. The smallest absolute Gasteiger partial charge is 0.338 e. The predicted molar refractivity (Wildman–Crippen MR) is 65.5 cm³/mol. The second-order valence-electron chi connectivity index (χ2n) is 4.00. The molecule has 0 aromatic heterocycles. The van der Waals surface area contributed by atoms with Gasteiger partial charge in [-0.25, -0.2) is 9.18 Å². The Morgan fingerprint density at radius 1 is 1.50 bits per heavy atom. The number of halogens is 1. The SMILES string of the molecule is O=C(O)c1ccc2c(c1F)SC1=CC=CCC1O2. The Morgan fingerprint density at radius 2 is 2.33 bits per heavy atom. The topological polar surface area (TPSA) is 46.5 Å². The maximum atomic E-state index is 14.0. The van der Waals surface area contributed by atoms with Crippen LogP contribution in [0.15, 0.2) is 40.2 Å². The number of carboxylic acids is 1. The number of aromatic carboxylic acids is 1. The van der Waals surface area contributed by atoms with Crippen LogP contribution in [0.1, 0.15) is 16.8 Å². The number of ether oxygens (including phenoxy) is 1. The molecule has 0 spiro atoms. The van der Waals surface area contributed by atoms with Gasteiger partial charge in [-0.2, -0.15) is 0 Å². The monoisotopic (exact) mass is 264 g/mol. The Hall–Kier alpha value is -1.75. The summed E-state index contributed by atoms with van der Waals surface area (Å²) < 4.78 is 19.7. The standard InChI is InChI=1S/C13H9FO3S/c14-11-7(13(15)16)5-6-9-12(11)18-10-4-2-1-3-8(10)17-9/h1-2,4-6,8H,3H2,(H,15,16). The Bertz CT molecular complexity index is 592. The molecule has 3 nitrogen and oxygen atoms in total. The van der Waals surface area contributed by atoms with Gasteiger partial charge in [-0.3, -0.25) is 0 Å². The average Bonchev–Trinajstić information content (AvgIpc) is 2.37. The molecule has 0 radical (unpaired) electrons. The van der Waals surface area contributed by atoms with Crippen molar-refractivity contribution >= 4 is 17.7 Å². The van der Waals surface area contributed by atoms with E-state index in [1.54, 1.807) is 0 Å². The number of rotatable bonds is 1. The molecule has 0 amide bonds. The van der Waals surface area contributed by atoms with Gasteiger partial charge in [0.1, 0.15) is 11.9 Å². The van der Waals surface area contributed by atoms with Crippen LogP contribution in [-0.2, 0) is 0 Å². The van der Waals surface area contributed by atoms with Crippen molar-refractivity contribution in [2.45, 2.75) is 17.4 Å². The predicted octanol–water partition coefficient (Wildman–Crippen LogP) is 3.22. The normalized spacial score (nSPS) is 20.5. The van der Waals surface area contributed by atoms with Crippen molar-refractivity contribution in [3.05, 3.63) is 46.6 Å². The molecule has 0 saturated carbocycles. The number of fused-ring (bicyclic) bond motifs is 2. The lowest BCUT2D eigenvalue weighted by Crippen LogP contribution is -2.23. The fourth-order valence-electron chi connectivity index (χ4n) is 1.96. The van der Waals surface area contributed by atoms with Crippen LogP contribution in [-0.4, -0.2) is 17.2 Å². The van der Waals surface area contributed by atoms with Gasteiger partial charge in [0.25, 0.3) is 0 Å². The highest BCUT2D eigenvalue weighted by molar-refractivity contribution is 8.03. The van der Waals surface area contributed by atoms with E-state index in [0.29, 0.717) is 5.75 Å². The Kier molecular flexibility index (Phi) is 2.63. The fourth-order valence-corrected chi connectivity index (χ4v) is 3.03. The number of hydrogen-bond acceptors (Lipinski definition) is 3. The Labute approximate surface area is 107 Å². The number of carboxylic acid groups (broad SMARTS) is 1. The number of benzene rings is 1. The third kappa shape index (κ3) is 1.71. The first-order chi connectivity index (χ1) is 8.66. The maximum absolute atomic E-state index is 14.0. The molecular formula is C13H9FO3S. The van der Waals surface area contributed by atoms with E-state index in [1.165, 1.54) is 23.9 Å². The lowest BCUT2D eigenvalue weighted by Gasteiger charge is -2.29. The minimum absolute atomic E-state index is 0.0809. The molecule has 1 N–H and O–H groups in total. The van der Waals surface area contributed by atoms with Gasteiger partial charge >= 0.3 is 5.97 Å². The first-order valence-electron chi connectivity index (χ1n) is 5.44. The van der Waals surface area contributed by atoms with Gasteiger partial charge in [-0.1, -0.05) is 23.9 Å². The molecule has 1 aliphatic carbocycles. The zero-order chi connectivity index (χ0) is 12.7. The third-order valence-electron chi connectivity index (χ3n) is 2.84. The van der Waals surface area contributed by atoms with Crippen molar-refractivity contribution in [3.8, 4) is 5.75 Å². The van der Waals surface area contributed by atoms with Crippen molar-refractivity contribution in [2.75, 3.05) is 0 Å². The number of allylic oxidation sites excluding steroid dienone is 2. The van der Waals surface area contributed by atoms with Crippen LogP contribution < -0.4 is 4.74 Å². The summed E-state index contributed by atoms with van der Waals surface area (Å²) in [5.74, 6) is -1.57. The lowest BCUT2D eigenvalue weighted by atomic mass is 10.1. The van der Waals surface area contributed by atoms with Crippen molar-refractivity contribution in [3.63, 3.8) is 0 Å². The maximum Gasteiger partial charge on any atom is 0.338 e. The van der Waals surface area contributed by atoms with Crippen molar-refractivity contribution in [2.24, 2.45) is 0 Å². The van der Waals surface area contributed by atoms with E-state index in [1.807, 2.05) is 18.2 Å². The number of thioether (sulfide) groups is 1. The minimum atomic E-state index is -1.27. The van der Waals surface area contributed by atoms with Gasteiger partial charge in [0, 0.05) is 11.3 Å². The summed E-state index contributed by atoms with van der Waals surface area (Å²) in [5, 5.41) is 8.88. The molecule has 5 heteroatoms. The van der Waals surface area contributed by atoms with Crippen LogP contribution in [0.5, 0.6) is 5.75 Å². The van der Waals surface area contributed by atoms with Crippen molar-refractivity contribution < 1.29 is 19.0 Å². The molecule has 3 rings (SSSR count). The molecule has 2 aliphatic rings. The summed E-state index contributed by atoms with van der Waals surface area (Å²) in [6.45, 7) is 0. The third-order valence-corrected chi connectivity index (χ3v) is 4.06. The lowest BCUT2D eigenvalue weighted by molar-refractivity contribution is 0.0691. The van der Waals surface area contributed by atoms with Crippen LogP contribution >= 0.6 is 11.8 Å². The van der Waals surface area contributed by atoms with Gasteiger partial charge < -0.3 is 9.84 Å². The largest absolute Gasteiger partial charge is 0.484 e. The summed E-state index contributed by atoms with van der Waals surface area (Å²) in [5.41, 5.74) is -0.324. The van der Waals surface area contributed by atoms with E-state index in [0.717, 1.165) is 11.3 Å². The van der Waals surface area contributed by atoms with E-state index in [-0.39, 0.29) is 16.6 Å². The number of carbonyl (C=O) groups is 1. The summed E-state index contributed by atoms with van der Waals surface area (Å²) in [4.78, 5) is 12.0. The molecule has 1 atom stereocenters. The highest BCUT2D eigenvalue weighted by atomic mass is 32.2. The quantitative estimate of drug-likeness (QED) is 0.846. The second-order valence-corrected chi connectivity index (χ2v) is 5.08. The molecule has 0 bridgehead atoms. The van der Waals surface area contributed by atoms with Gasteiger partial charge in [-0.05, 0) is 18.2 Å². The average molecular weight is 264 g/mol. The molecular weight excluding hydrogens is 255 g/mol. The van der Waals surface area contributed by atoms with Gasteiger partial charge in [0.05, 0.1) is 10.5 Å². The summed E-state index contributed by atoms with van der Waals surface area (Å²) >= 11 is 1.25. The van der Waals surface area contributed by atoms with E-state index < -0.39 is 11.8 Å². The zero-order valence-corrected chi connectivity index (χ0v) is 10.0. The van der Waals surface area contributed by atoms with E-state index >= 15 is 0 Å². The molecule has 1 aromatic rings. The van der Waals surface area contributed by atoms with Crippen molar-refractivity contribution in [1.82, 2.24) is 0 Å². The first-order valence-corrected chi connectivity index (χ1v) is 6.25. The first kappa shape index (κ1) is 11.3. The van der Waals surface area contributed by atoms with Crippen LogP contribution in [0.2, 0.25) is 0 Å². The van der Waals surface area contributed by atoms with E-state index in [4.69, 9.17) is 9.84 Å². The van der Waals surface area contributed by atoms with Crippen LogP contribution in [0.3, 0.4) is 0 Å². The molecule has 1 aliphatic heterocycles. The zero-order valence-electron chi connectivity index (χ0n) is 9.22. The van der Waals surface area contributed by atoms with Gasteiger partial charge in [0.15, 0.2) is 5.82 Å². The molecule has 0 fully saturated rings. The molecule has 92 valence electrons. The highest BCUT2D eigenvalue weighted by Gasteiger charge is 2.29. The van der Waals surface area contributed by atoms with Crippen LogP contribution in [0.25, 0.3) is 0 Å². The molecule has 1 aromatic carbocycles. The fraction of sp³-hybridized carbons (Fsp3) is 0.154. The molecule has 18 heavy (non-hydrogen) atoms. The van der Waals surface area contributed by atoms with Gasteiger partial charge in [-0.15, -0.1) is 0 Å². The van der Waals surface area contributed by atoms with Crippen LogP contribution in [0.4, 0.5) is 4.39 Å². The molecule has 1 unspecified atom stereocenters. The Balaban J connectivity index is 2.08. The number of hydrogen-bond donors (Lipinski definition) is 1. The summed E-state index contributed by atoms with van der Waals surface area (Å²) in [6.07, 6.45) is 6.42. The minimum Gasteiger partial charge on any atom is -0.484 e. The molecule has 0 saturated heterocycles. The van der Waals surface area contributed by atoms with Gasteiger partial charge in [0.2, 0.25) is 0 Å². The molecule has 1 heterocycles. The van der Waals surface area contributed by atoms with E-state index in [2.05, 4.69) is 0 Å².